The van der Waals surface area contributed by atoms with Crippen LogP contribution in [0.1, 0.15) is 31.1 Å². The van der Waals surface area contributed by atoms with E-state index in [-0.39, 0.29) is 12.1 Å². The van der Waals surface area contributed by atoms with Gasteiger partial charge in [0.1, 0.15) is 0 Å². The minimum atomic E-state index is 0.00497. The van der Waals surface area contributed by atoms with Crippen LogP contribution in [0.25, 0.3) is 0 Å². The summed E-state index contributed by atoms with van der Waals surface area (Å²) < 4.78 is 0. The molecule has 0 spiro atoms. The van der Waals surface area contributed by atoms with E-state index in [1.807, 2.05) is 31.3 Å². The third-order valence-corrected chi connectivity index (χ3v) is 3.50. The molecule has 1 aromatic heterocycles. The summed E-state index contributed by atoms with van der Waals surface area (Å²) in [5.41, 5.74) is 9.71. The molecule has 2 N–H and O–H groups in total. The number of rotatable bonds is 5. The molecule has 2 aromatic rings. The Morgan fingerprint density at radius 2 is 2.00 bits per heavy atom. The molecule has 0 fully saturated rings. The number of anilines is 1. The average molecular weight is 269 g/mol. The van der Waals surface area contributed by atoms with Crippen molar-refractivity contribution in [1.82, 2.24) is 4.98 Å². The van der Waals surface area contributed by atoms with Crippen LogP contribution in [0.4, 0.5) is 5.69 Å². The molecular weight excluding hydrogens is 246 g/mol. The Bertz CT molecular complexity index is 537. The topological polar surface area (TPSA) is 42.2 Å². The first kappa shape index (κ1) is 14.5. The molecule has 0 radical (unpaired) electrons. The first-order valence-corrected chi connectivity index (χ1v) is 7.13. The monoisotopic (exact) mass is 269 g/mol. The maximum Gasteiger partial charge on any atom is 0.0861 e. The van der Waals surface area contributed by atoms with Crippen LogP contribution in [-0.2, 0) is 0 Å². The number of pyridine rings is 1. The smallest absolute Gasteiger partial charge is 0.0861 e. The molecule has 0 aliphatic carbocycles. The largest absolute Gasteiger partial charge is 0.362 e. The molecule has 1 heterocycles. The molecule has 0 aliphatic rings. The van der Waals surface area contributed by atoms with Crippen molar-refractivity contribution >= 4 is 5.69 Å². The maximum atomic E-state index is 6.24. The minimum Gasteiger partial charge on any atom is -0.362 e. The van der Waals surface area contributed by atoms with Crippen LogP contribution in [0.2, 0.25) is 0 Å². The molecule has 0 saturated carbocycles. The van der Waals surface area contributed by atoms with Gasteiger partial charge in [0.15, 0.2) is 0 Å². The lowest BCUT2D eigenvalue weighted by Gasteiger charge is -2.35. The van der Waals surface area contributed by atoms with E-state index >= 15 is 0 Å². The molecule has 20 heavy (non-hydrogen) atoms. The minimum absolute atomic E-state index is 0.00497. The van der Waals surface area contributed by atoms with Gasteiger partial charge in [-0.3, -0.25) is 4.98 Å². The predicted molar refractivity (Wildman–Crippen MR) is 84.8 cm³/mol. The molecule has 1 aromatic carbocycles. The van der Waals surface area contributed by atoms with Crippen molar-refractivity contribution < 1.29 is 0 Å². The number of aryl methyl sites for hydroxylation is 1. The highest BCUT2D eigenvalue weighted by Crippen LogP contribution is 2.28. The molecular formula is C17H23N3. The molecule has 0 amide bonds. The summed E-state index contributed by atoms with van der Waals surface area (Å²) >= 11 is 0. The van der Waals surface area contributed by atoms with Gasteiger partial charge in [-0.25, -0.2) is 0 Å². The lowest BCUT2D eigenvalue weighted by Crippen LogP contribution is -2.40. The Kier molecular flexibility index (Phi) is 4.74. The molecule has 2 rings (SSSR count). The van der Waals surface area contributed by atoms with Crippen LogP contribution in [0, 0.1) is 6.92 Å². The quantitative estimate of drug-likeness (QED) is 0.905. The molecule has 0 saturated heterocycles. The van der Waals surface area contributed by atoms with E-state index in [1.165, 1.54) is 11.3 Å². The van der Waals surface area contributed by atoms with Crippen molar-refractivity contribution in [2.24, 2.45) is 5.73 Å². The van der Waals surface area contributed by atoms with E-state index in [0.29, 0.717) is 0 Å². The second kappa shape index (κ2) is 6.53. The van der Waals surface area contributed by atoms with Crippen molar-refractivity contribution in [3.8, 4) is 0 Å². The van der Waals surface area contributed by atoms with E-state index in [4.69, 9.17) is 5.73 Å². The van der Waals surface area contributed by atoms with Crippen LogP contribution in [0.3, 0.4) is 0 Å². The normalized spacial score (nSPS) is 13.8. The summed E-state index contributed by atoms with van der Waals surface area (Å²) in [5.74, 6) is 0. The van der Waals surface area contributed by atoms with Gasteiger partial charge >= 0.3 is 0 Å². The summed E-state index contributed by atoms with van der Waals surface area (Å²) in [5, 5.41) is 0. The number of nitrogens with two attached hydrogens (primary N) is 1. The van der Waals surface area contributed by atoms with Gasteiger partial charge in [0.05, 0.1) is 11.7 Å². The van der Waals surface area contributed by atoms with Gasteiger partial charge in [0.2, 0.25) is 0 Å². The highest BCUT2D eigenvalue weighted by Gasteiger charge is 2.24. The average Bonchev–Trinajstić information content (AvgIpc) is 2.45. The molecule has 2 atom stereocenters. The maximum absolute atomic E-state index is 6.24. The van der Waals surface area contributed by atoms with Crippen molar-refractivity contribution in [2.45, 2.75) is 32.9 Å². The Balaban J connectivity index is 2.41. The number of nitrogens with zero attached hydrogens (tertiary/aromatic N) is 2. The van der Waals surface area contributed by atoms with Crippen LogP contribution < -0.4 is 10.6 Å². The molecule has 2 unspecified atom stereocenters. The molecule has 106 valence electrons. The molecule has 3 nitrogen and oxygen atoms in total. The fraction of sp³-hybridized carbons (Fsp3) is 0.353. The summed E-state index contributed by atoms with van der Waals surface area (Å²) in [6, 6.07) is 14.6. The van der Waals surface area contributed by atoms with Gasteiger partial charge in [-0.15, -0.1) is 0 Å². The van der Waals surface area contributed by atoms with E-state index in [0.717, 1.165) is 12.2 Å². The highest BCUT2D eigenvalue weighted by atomic mass is 15.2. The second-order valence-corrected chi connectivity index (χ2v) is 5.18. The van der Waals surface area contributed by atoms with E-state index in [1.54, 1.807) is 0 Å². The van der Waals surface area contributed by atoms with Gasteiger partial charge in [0, 0.05) is 24.5 Å². The summed E-state index contributed by atoms with van der Waals surface area (Å²) in [4.78, 5) is 6.81. The summed E-state index contributed by atoms with van der Waals surface area (Å²) in [7, 11) is 0. The molecule has 3 heteroatoms. The Labute approximate surface area is 121 Å². The van der Waals surface area contributed by atoms with Gasteiger partial charge in [0.25, 0.3) is 0 Å². The van der Waals surface area contributed by atoms with E-state index < -0.39 is 0 Å². The third-order valence-electron chi connectivity index (χ3n) is 3.50. The number of benzene rings is 1. The van der Waals surface area contributed by atoms with Crippen molar-refractivity contribution in [3.05, 3.63) is 59.9 Å². The summed E-state index contributed by atoms with van der Waals surface area (Å²) in [6.45, 7) is 7.20. The Morgan fingerprint density at radius 3 is 2.55 bits per heavy atom. The van der Waals surface area contributed by atoms with Gasteiger partial charge in [-0.1, -0.05) is 18.2 Å². The standard InChI is InChI=1S/C17H23N3/c1-4-20(15-9-7-8-13(2)12-15)17(14(3)18)16-10-5-6-11-19-16/h5-12,14,17H,4,18H2,1-3H3. The van der Waals surface area contributed by atoms with Crippen LogP contribution in [0.15, 0.2) is 48.7 Å². The van der Waals surface area contributed by atoms with Crippen molar-refractivity contribution in [1.29, 1.82) is 0 Å². The lowest BCUT2D eigenvalue weighted by molar-refractivity contribution is 0.526. The Hall–Kier alpha value is -1.87. The molecule has 0 aliphatic heterocycles. The van der Waals surface area contributed by atoms with E-state index in [9.17, 15) is 0 Å². The fourth-order valence-electron chi connectivity index (χ4n) is 2.61. The van der Waals surface area contributed by atoms with Crippen LogP contribution in [-0.4, -0.2) is 17.6 Å². The first-order valence-electron chi connectivity index (χ1n) is 7.13. The lowest BCUT2D eigenvalue weighted by atomic mass is 10.0. The first-order chi connectivity index (χ1) is 9.63. The number of hydrogen-bond acceptors (Lipinski definition) is 3. The van der Waals surface area contributed by atoms with Gasteiger partial charge in [-0.05, 0) is 50.6 Å². The Morgan fingerprint density at radius 1 is 1.20 bits per heavy atom. The van der Waals surface area contributed by atoms with E-state index in [2.05, 4.69) is 48.0 Å². The van der Waals surface area contributed by atoms with Crippen LogP contribution in [0.5, 0.6) is 0 Å². The predicted octanol–water partition coefficient (Wildman–Crippen LogP) is 3.30. The fourth-order valence-corrected chi connectivity index (χ4v) is 2.61. The molecule has 0 bridgehead atoms. The van der Waals surface area contributed by atoms with Gasteiger partial charge in [-0.2, -0.15) is 0 Å². The zero-order valence-electron chi connectivity index (χ0n) is 12.5. The summed E-state index contributed by atoms with van der Waals surface area (Å²) in [6.07, 6.45) is 1.83. The number of hydrogen-bond donors (Lipinski definition) is 1. The van der Waals surface area contributed by atoms with Crippen molar-refractivity contribution in [3.63, 3.8) is 0 Å². The van der Waals surface area contributed by atoms with Gasteiger partial charge < -0.3 is 10.6 Å². The highest BCUT2D eigenvalue weighted by molar-refractivity contribution is 5.50. The third kappa shape index (κ3) is 3.17. The SMILES string of the molecule is CCN(c1cccc(C)c1)C(c1ccccn1)C(C)N. The second-order valence-electron chi connectivity index (χ2n) is 5.18. The number of likely N-dealkylation sites (N-methyl/N-ethyl adjacent to an activating group) is 1. The van der Waals surface area contributed by atoms with Crippen molar-refractivity contribution in [2.75, 3.05) is 11.4 Å². The number of aromatic nitrogens is 1. The zero-order chi connectivity index (χ0) is 14.5. The zero-order valence-corrected chi connectivity index (χ0v) is 12.5. The van der Waals surface area contributed by atoms with Crippen LogP contribution >= 0.6 is 0 Å².